The number of unbranched alkanes of at least 4 members (excludes halogenated alkanes) is 14. The summed E-state index contributed by atoms with van der Waals surface area (Å²) in [7, 11) is -4.43. The van der Waals surface area contributed by atoms with E-state index >= 15 is 0 Å². The number of amides is 1. The number of rotatable bonds is 39. The van der Waals surface area contributed by atoms with E-state index in [1.54, 1.807) is 0 Å². The smallest absolute Gasteiger partial charge is 0.463 e. The molecule has 316 valence electrons. The van der Waals surface area contributed by atoms with Gasteiger partial charge in [0, 0.05) is 19.4 Å². The van der Waals surface area contributed by atoms with Crippen LogP contribution in [0.2, 0.25) is 0 Å². The van der Waals surface area contributed by atoms with E-state index in [1.165, 1.54) is 44.9 Å². The van der Waals surface area contributed by atoms with Gasteiger partial charge in [-0.2, -0.15) is 0 Å². The molecule has 0 aromatic rings. The van der Waals surface area contributed by atoms with Crippen LogP contribution in [0, 0.1) is 0 Å². The lowest BCUT2D eigenvalue weighted by Crippen LogP contribution is -2.27. The molecule has 0 saturated carbocycles. The number of carbonyl (C=O) groups excluding carboxylic acids is 2. The number of hydrogen-bond acceptors (Lipinski definition) is 7. The second kappa shape index (κ2) is 41.1. The molecule has 0 aliphatic rings. The summed E-state index contributed by atoms with van der Waals surface area (Å²) in [6.45, 7) is 3.30. The summed E-state index contributed by atoms with van der Waals surface area (Å²) >= 11 is 0. The fraction of sp³-hybridized carbons (Fsp3) is 0.689. The Morgan fingerprint density at radius 1 is 0.564 bits per heavy atom. The molecule has 0 aromatic carbocycles. The third kappa shape index (κ3) is 42.4. The van der Waals surface area contributed by atoms with Gasteiger partial charge in [0.1, 0.15) is 12.7 Å². The SMILES string of the molecule is CC/C=C\C/C=C\C/C=C\CCCCCCCCCC(=O)NCCOP(=O)(O)OCC(O)COC(=O)CCCCCCCCC/C=C\C/C=C\C/C=C\CC. The van der Waals surface area contributed by atoms with Gasteiger partial charge in [-0.1, -0.05) is 151 Å². The first-order valence-electron chi connectivity index (χ1n) is 21.4. The second-order valence-corrected chi connectivity index (χ2v) is 15.4. The number of ether oxygens (including phenoxy) is 1. The zero-order valence-corrected chi connectivity index (χ0v) is 35.5. The summed E-state index contributed by atoms with van der Waals surface area (Å²) in [6.07, 6.45) is 49.7. The van der Waals surface area contributed by atoms with Crippen molar-refractivity contribution >= 4 is 19.7 Å². The zero-order valence-electron chi connectivity index (χ0n) is 34.6. The van der Waals surface area contributed by atoms with Gasteiger partial charge in [0.15, 0.2) is 0 Å². The number of aliphatic hydroxyl groups excluding tert-OH is 1. The van der Waals surface area contributed by atoms with Gasteiger partial charge >= 0.3 is 13.8 Å². The van der Waals surface area contributed by atoms with Gasteiger partial charge < -0.3 is 20.1 Å². The highest BCUT2D eigenvalue weighted by molar-refractivity contribution is 7.47. The molecule has 0 aliphatic carbocycles. The largest absolute Gasteiger partial charge is 0.472 e. The number of carbonyl (C=O) groups is 2. The van der Waals surface area contributed by atoms with E-state index in [9.17, 15) is 24.2 Å². The Hall–Kier alpha value is -2.55. The normalized spacial score (nSPS) is 14.0. The Morgan fingerprint density at radius 3 is 1.47 bits per heavy atom. The van der Waals surface area contributed by atoms with E-state index in [0.717, 1.165) is 96.3 Å². The Balaban J connectivity index is 3.64. The van der Waals surface area contributed by atoms with Gasteiger partial charge in [-0.15, -0.1) is 0 Å². The fourth-order valence-corrected chi connectivity index (χ4v) is 6.22. The van der Waals surface area contributed by atoms with Gasteiger partial charge in [0.05, 0.1) is 13.2 Å². The molecule has 1 amide bonds. The molecule has 9 nitrogen and oxygen atoms in total. The molecule has 0 fully saturated rings. The van der Waals surface area contributed by atoms with E-state index in [2.05, 4.69) is 92.1 Å². The molecule has 0 aliphatic heterocycles. The summed E-state index contributed by atoms with van der Waals surface area (Å²) in [4.78, 5) is 33.9. The Kier molecular flexibility index (Phi) is 39.2. The van der Waals surface area contributed by atoms with Crippen molar-refractivity contribution in [3.63, 3.8) is 0 Å². The molecule has 0 aromatic heterocycles. The van der Waals surface area contributed by atoms with Crippen molar-refractivity contribution < 1.29 is 37.9 Å². The quantitative estimate of drug-likeness (QED) is 0.0243. The molecule has 0 rings (SSSR count). The van der Waals surface area contributed by atoms with Crippen LogP contribution in [0.5, 0.6) is 0 Å². The highest BCUT2D eigenvalue weighted by Gasteiger charge is 2.23. The van der Waals surface area contributed by atoms with Gasteiger partial charge in [-0.3, -0.25) is 18.6 Å². The van der Waals surface area contributed by atoms with Crippen LogP contribution in [-0.2, 0) is 27.9 Å². The van der Waals surface area contributed by atoms with Gasteiger partial charge in [-0.25, -0.2) is 4.57 Å². The standard InChI is InChI=1S/C45H78NO8P/c1-3-5-7-9-11-13-15-17-19-21-23-25-27-29-31-33-35-37-44(48)46-39-40-53-55(50,51)54-42-43(47)41-52-45(49)38-36-34-32-30-28-26-24-22-20-18-16-14-12-10-8-6-4-2/h5-8,11-14,17-20,43,47H,3-4,9-10,15-16,21-42H2,1-2H3,(H,46,48)(H,50,51)/b7-5-,8-6-,13-11-,14-12-,19-17-,20-18-. The van der Waals surface area contributed by atoms with Crippen LogP contribution in [0.4, 0.5) is 0 Å². The number of phosphoric acid groups is 1. The number of aliphatic hydroxyl groups is 1. The van der Waals surface area contributed by atoms with Crippen molar-refractivity contribution in [2.75, 3.05) is 26.4 Å². The molecular weight excluding hydrogens is 713 g/mol. The number of esters is 1. The minimum Gasteiger partial charge on any atom is -0.463 e. The minimum absolute atomic E-state index is 0.0711. The number of phosphoric ester groups is 1. The molecule has 0 spiro atoms. The highest BCUT2D eigenvalue weighted by Crippen LogP contribution is 2.42. The summed E-state index contributed by atoms with van der Waals surface area (Å²) in [5.74, 6) is -0.541. The van der Waals surface area contributed by atoms with Crippen molar-refractivity contribution in [3.8, 4) is 0 Å². The molecule has 0 saturated heterocycles. The number of nitrogens with one attached hydrogen (secondary N) is 1. The average Bonchev–Trinajstić information content (AvgIpc) is 3.17. The summed E-state index contributed by atoms with van der Waals surface area (Å²) in [5, 5.41) is 12.7. The third-order valence-electron chi connectivity index (χ3n) is 8.63. The molecule has 3 N–H and O–H groups in total. The van der Waals surface area contributed by atoms with Crippen molar-refractivity contribution in [1.29, 1.82) is 0 Å². The maximum absolute atomic E-state index is 12.1. The van der Waals surface area contributed by atoms with E-state index in [0.29, 0.717) is 6.42 Å². The molecule has 55 heavy (non-hydrogen) atoms. The van der Waals surface area contributed by atoms with Crippen LogP contribution in [-0.4, -0.2) is 54.3 Å². The Labute approximate surface area is 335 Å². The van der Waals surface area contributed by atoms with E-state index in [-0.39, 0.29) is 32.1 Å². The Bertz CT molecular complexity index is 1130. The molecule has 0 radical (unpaired) electrons. The first-order valence-corrected chi connectivity index (χ1v) is 22.9. The first kappa shape index (κ1) is 52.5. The lowest BCUT2D eigenvalue weighted by atomic mass is 10.1. The summed E-state index contributed by atoms with van der Waals surface area (Å²) in [6, 6.07) is 0. The van der Waals surface area contributed by atoms with Crippen LogP contribution in [0.1, 0.15) is 168 Å². The fourth-order valence-electron chi connectivity index (χ4n) is 5.47. The van der Waals surface area contributed by atoms with Crippen molar-refractivity contribution in [3.05, 3.63) is 72.9 Å². The third-order valence-corrected chi connectivity index (χ3v) is 9.62. The predicted molar refractivity (Wildman–Crippen MR) is 229 cm³/mol. The average molecular weight is 792 g/mol. The van der Waals surface area contributed by atoms with Crippen LogP contribution in [0.25, 0.3) is 0 Å². The van der Waals surface area contributed by atoms with Crippen molar-refractivity contribution in [1.82, 2.24) is 5.32 Å². The zero-order chi connectivity index (χ0) is 40.3. The molecule has 2 unspecified atom stereocenters. The van der Waals surface area contributed by atoms with Crippen LogP contribution in [0.15, 0.2) is 72.9 Å². The van der Waals surface area contributed by atoms with Crippen molar-refractivity contribution in [2.45, 2.75) is 174 Å². The summed E-state index contributed by atoms with van der Waals surface area (Å²) < 4.78 is 26.9. The molecule has 10 heteroatoms. The number of hydrogen-bond donors (Lipinski definition) is 3. The molecule has 2 atom stereocenters. The number of allylic oxidation sites excluding steroid dienone is 12. The van der Waals surface area contributed by atoms with Gasteiger partial charge in [0.2, 0.25) is 5.91 Å². The summed E-state index contributed by atoms with van der Waals surface area (Å²) in [5.41, 5.74) is 0. The van der Waals surface area contributed by atoms with Gasteiger partial charge in [-0.05, 0) is 77.0 Å². The lowest BCUT2D eigenvalue weighted by Gasteiger charge is -2.15. The molecule has 0 bridgehead atoms. The van der Waals surface area contributed by atoms with Crippen LogP contribution < -0.4 is 5.32 Å². The first-order chi connectivity index (χ1) is 26.8. The maximum Gasteiger partial charge on any atom is 0.472 e. The maximum atomic E-state index is 12.1. The van der Waals surface area contributed by atoms with E-state index < -0.39 is 26.5 Å². The predicted octanol–water partition coefficient (Wildman–Crippen LogP) is 11.9. The van der Waals surface area contributed by atoms with Crippen molar-refractivity contribution in [2.24, 2.45) is 0 Å². The van der Waals surface area contributed by atoms with Gasteiger partial charge in [0.25, 0.3) is 0 Å². The van der Waals surface area contributed by atoms with Crippen LogP contribution >= 0.6 is 7.82 Å². The molecule has 0 heterocycles. The lowest BCUT2D eigenvalue weighted by molar-refractivity contribution is -0.147. The topological polar surface area (TPSA) is 131 Å². The monoisotopic (exact) mass is 792 g/mol. The second-order valence-electron chi connectivity index (χ2n) is 13.9. The van der Waals surface area contributed by atoms with E-state index in [4.69, 9.17) is 13.8 Å². The highest BCUT2D eigenvalue weighted by atomic mass is 31.2. The van der Waals surface area contributed by atoms with Crippen LogP contribution in [0.3, 0.4) is 0 Å². The molecular formula is C45H78NO8P. The van der Waals surface area contributed by atoms with E-state index in [1.807, 2.05) is 0 Å². The minimum atomic E-state index is -4.43. The Morgan fingerprint density at radius 2 is 0.982 bits per heavy atom.